The van der Waals surface area contributed by atoms with E-state index in [1.54, 1.807) is 0 Å². The van der Waals surface area contributed by atoms with Gasteiger partial charge in [0.25, 0.3) is 0 Å². The molecule has 0 amide bonds. The molecule has 0 saturated carbocycles. The second-order valence-electron chi connectivity index (χ2n) is 4.71. The molecule has 19 heavy (non-hydrogen) atoms. The maximum atomic E-state index is 5.85. The Morgan fingerprint density at radius 1 is 1.21 bits per heavy atom. The van der Waals surface area contributed by atoms with Crippen molar-refractivity contribution in [2.75, 3.05) is 5.73 Å². The van der Waals surface area contributed by atoms with Crippen molar-refractivity contribution in [1.29, 1.82) is 0 Å². The van der Waals surface area contributed by atoms with Gasteiger partial charge in [0.05, 0.1) is 11.0 Å². The maximum Gasteiger partial charge on any atom is 0.140 e. The first-order chi connectivity index (χ1) is 9.06. The van der Waals surface area contributed by atoms with Crippen LogP contribution in [0.25, 0.3) is 22.4 Å². The van der Waals surface area contributed by atoms with Gasteiger partial charge in [0.1, 0.15) is 5.82 Å². The number of anilines is 1. The summed E-state index contributed by atoms with van der Waals surface area (Å²) in [5, 5.41) is 0. The molecule has 0 aliphatic heterocycles. The first-order valence-corrected chi connectivity index (χ1v) is 6.84. The van der Waals surface area contributed by atoms with Crippen molar-refractivity contribution in [3.63, 3.8) is 0 Å². The Morgan fingerprint density at radius 3 is 2.74 bits per heavy atom. The molecule has 0 spiro atoms. The smallest absolute Gasteiger partial charge is 0.140 e. The average Bonchev–Trinajstić information content (AvgIpc) is 2.66. The molecular weight excluding hydrogens is 302 g/mol. The van der Waals surface area contributed by atoms with E-state index in [0.717, 1.165) is 32.6 Å². The lowest BCUT2D eigenvalue weighted by atomic mass is 10.2. The minimum Gasteiger partial charge on any atom is -0.399 e. The van der Waals surface area contributed by atoms with E-state index in [9.17, 15) is 0 Å². The summed E-state index contributed by atoms with van der Waals surface area (Å²) in [4.78, 5) is 4.72. The van der Waals surface area contributed by atoms with Crippen molar-refractivity contribution in [2.24, 2.45) is 7.05 Å². The summed E-state index contributed by atoms with van der Waals surface area (Å²) in [5.41, 5.74) is 11.0. The zero-order valence-corrected chi connectivity index (χ0v) is 12.4. The lowest BCUT2D eigenvalue weighted by Gasteiger charge is -2.05. The fourth-order valence-electron chi connectivity index (χ4n) is 2.47. The van der Waals surface area contributed by atoms with Crippen molar-refractivity contribution < 1.29 is 0 Å². The number of imidazole rings is 1. The summed E-state index contributed by atoms with van der Waals surface area (Å²) in [6.45, 7) is 2.10. The molecule has 0 radical (unpaired) electrons. The van der Waals surface area contributed by atoms with Gasteiger partial charge in [-0.15, -0.1) is 0 Å². The molecule has 96 valence electrons. The molecule has 3 nitrogen and oxygen atoms in total. The van der Waals surface area contributed by atoms with E-state index in [2.05, 4.69) is 33.5 Å². The number of nitrogen functional groups attached to an aromatic ring is 1. The lowest BCUT2D eigenvalue weighted by Crippen LogP contribution is -1.94. The van der Waals surface area contributed by atoms with Crippen LogP contribution in [0.1, 0.15) is 5.56 Å². The van der Waals surface area contributed by atoms with Crippen molar-refractivity contribution >= 4 is 32.7 Å². The molecular formula is C15H14BrN3. The number of halogens is 1. The van der Waals surface area contributed by atoms with Crippen LogP contribution in [0.5, 0.6) is 0 Å². The molecule has 3 aromatic rings. The van der Waals surface area contributed by atoms with E-state index < -0.39 is 0 Å². The number of aromatic nitrogens is 2. The predicted molar refractivity (Wildman–Crippen MR) is 83.0 cm³/mol. The highest BCUT2D eigenvalue weighted by molar-refractivity contribution is 9.10. The van der Waals surface area contributed by atoms with E-state index >= 15 is 0 Å². The molecule has 0 unspecified atom stereocenters. The quantitative estimate of drug-likeness (QED) is 0.692. The SMILES string of the molecule is Cc1cc(Br)cc2nc(-c3cccc(N)c3)n(C)c12. The summed E-state index contributed by atoms with van der Waals surface area (Å²) in [6.07, 6.45) is 0. The van der Waals surface area contributed by atoms with Gasteiger partial charge in [0.2, 0.25) is 0 Å². The van der Waals surface area contributed by atoms with E-state index in [-0.39, 0.29) is 0 Å². The van der Waals surface area contributed by atoms with Gasteiger partial charge in [-0.2, -0.15) is 0 Å². The molecule has 2 aromatic carbocycles. The fraction of sp³-hybridized carbons (Fsp3) is 0.133. The summed E-state index contributed by atoms with van der Waals surface area (Å²) >= 11 is 3.52. The third-order valence-electron chi connectivity index (χ3n) is 3.27. The number of fused-ring (bicyclic) bond motifs is 1. The molecule has 0 saturated heterocycles. The van der Waals surface area contributed by atoms with Gasteiger partial charge in [0.15, 0.2) is 0 Å². The number of hydrogen-bond donors (Lipinski definition) is 1. The van der Waals surface area contributed by atoms with E-state index in [4.69, 9.17) is 10.7 Å². The first kappa shape index (κ1) is 12.2. The Bertz CT molecular complexity index is 774. The highest BCUT2D eigenvalue weighted by atomic mass is 79.9. The second-order valence-corrected chi connectivity index (χ2v) is 5.63. The van der Waals surface area contributed by atoms with E-state index in [1.165, 1.54) is 5.56 Å². The van der Waals surface area contributed by atoms with Crippen molar-refractivity contribution in [1.82, 2.24) is 9.55 Å². The molecule has 4 heteroatoms. The first-order valence-electron chi connectivity index (χ1n) is 6.05. The summed E-state index contributed by atoms with van der Waals surface area (Å²) in [7, 11) is 2.04. The number of aryl methyl sites for hydroxylation is 2. The van der Waals surface area contributed by atoms with Crippen LogP contribution >= 0.6 is 15.9 Å². The minimum absolute atomic E-state index is 0.752. The zero-order chi connectivity index (χ0) is 13.6. The van der Waals surface area contributed by atoms with Crippen LogP contribution in [0, 0.1) is 6.92 Å². The van der Waals surface area contributed by atoms with Gasteiger partial charge in [-0.3, -0.25) is 0 Å². The average molecular weight is 316 g/mol. The van der Waals surface area contributed by atoms with Crippen molar-refractivity contribution in [2.45, 2.75) is 6.92 Å². The standard InChI is InChI=1S/C15H14BrN3/c1-9-6-11(16)8-13-14(9)19(2)15(18-13)10-4-3-5-12(17)7-10/h3-8H,17H2,1-2H3. The maximum absolute atomic E-state index is 5.85. The summed E-state index contributed by atoms with van der Waals surface area (Å²) < 4.78 is 3.17. The lowest BCUT2D eigenvalue weighted by molar-refractivity contribution is 0.955. The third kappa shape index (κ3) is 2.02. The highest BCUT2D eigenvalue weighted by Gasteiger charge is 2.12. The van der Waals surface area contributed by atoms with Crippen molar-refractivity contribution in [3.05, 3.63) is 46.4 Å². The zero-order valence-electron chi connectivity index (χ0n) is 10.8. The molecule has 0 bridgehead atoms. The Kier molecular flexibility index (Phi) is 2.82. The van der Waals surface area contributed by atoms with E-state index in [0.29, 0.717) is 0 Å². The number of nitrogens with two attached hydrogens (primary N) is 1. The number of benzene rings is 2. The van der Waals surface area contributed by atoms with Crippen LogP contribution in [0.2, 0.25) is 0 Å². The number of hydrogen-bond acceptors (Lipinski definition) is 2. The fourth-order valence-corrected chi connectivity index (χ4v) is 3.03. The van der Waals surface area contributed by atoms with Crippen LogP contribution in [0.3, 0.4) is 0 Å². The molecule has 1 aromatic heterocycles. The van der Waals surface area contributed by atoms with Crippen molar-refractivity contribution in [3.8, 4) is 11.4 Å². The van der Waals surface area contributed by atoms with Crippen LogP contribution < -0.4 is 5.73 Å². The molecule has 2 N–H and O–H groups in total. The van der Waals surface area contributed by atoms with Crippen LogP contribution in [-0.2, 0) is 7.05 Å². The van der Waals surface area contributed by atoms with Gasteiger partial charge in [-0.05, 0) is 36.8 Å². The van der Waals surface area contributed by atoms with Crippen LogP contribution in [-0.4, -0.2) is 9.55 Å². The topological polar surface area (TPSA) is 43.8 Å². The molecule has 3 rings (SSSR count). The van der Waals surface area contributed by atoms with Crippen LogP contribution in [0.4, 0.5) is 5.69 Å². The molecule has 1 heterocycles. The summed E-state index contributed by atoms with van der Waals surface area (Å²) in [6, 6.07) is 12.0. The normalized spacial score (nSPS) is 11.1. The second kappa shape index (κ2) is 4.38. The van der Waals surface area contributed by atoms with Gasteiger partial charge in [-0.25, -0.2) is 4.98 Å². The Morgan fingerprint density at radius 2 is 2.00 bits per heavy atom. The summed E-state index contributed by atoms with van der Waals surface area (Å²) in [5.74, 6) is 0.934. The van der Waals surface area contributed by atoms with Gasteiger partial charge < -0.3 is 10.3 Å². The van der Waals surface area contributed by atoms with Gasteiger partial charge in [-0.1, -0.05) is 28.1 Å². The van der Waals surface area contributed by atoms with Gasteiger partial charge in [0, 0.05) is 22.8 Å². The largest absolute Gasteiger partial charge is 0.399 e. The van der Waals surface area contributed by atoms with Gasteiger partial charge >= 0.3 is 0 Å². The molecule has 0 atom stereocenters. The highest BCUT2D eigenvalue weighted by Crippen LogP contribution is 2.29. The Labute approximate surface area is 120 Å². The molecule has 0 aliphatic rings. The molecule has 0 aliphatic carbocycles. The third-order valence-corrected chi connectivity index (χ3v) is 3.73. The Hall–Kier alpha value is -1.81. The molecule has 0 fully saturated rings. The van der Waals surface area contributed by atoms with Crippen LogP contribution in [0.15, 0.2) is 40.9 Å². The number of rotatable bonds is 1. The predicted octanol–water partition coefficient (Wildman–Crippen LogP) is 3.89. The monoisotopic (exact) mass is 315 g/mol. The number of nitrogens with zero attached hydrogens (tertiary/aromatic N) is 2. The van der Waals surface area contributed by atoms with E-state index in [1.807, 2.05) is 37.4 Å². The minimum atomic E-state index is 0.752. The Balaban J connectivity index is 2.31.